The lowest BCUT2D eigenvalue weighted by Gasteiger charge is -1.87. The van der Waals surface area contributed by atoms with Gasteiger partial charge in [0.1, 0.15) is 0 Å². The fourth-order valence-corrected chi connectivity index (χ4v) is 1.80. The van der Waals surface area contributed by atoms with Crippen molar-refractivity contribution in [3.05, 3.63) is 48.5 Å². The van der Waals surface area contributed by atoms with E-state index in [0.717, 1.165) is 0 Å². The van der Waals surface area contributed by atoms with E-state index < -0.39 is 0 Å². The van der Waals surface area contributed by atoms with Crippen LogP contribution >= 0.6 is 0 Å². The van der Waals surface area contributed by atoms with Crippen LogP contribution < -0.4 is 5.90 Å². The Morgan fingerprint density at radius 2 is 1.13 bits per heavy atom. The molecule has 0 radical (unpaired) electrons. The second kappa shape index (κ2) is 4.13. The Balaban J connectivity index is 0.000000404. The molecule has 15 heavy (non-hydrogen) atoms. The molecule has 1 heterocycles. The maximum atomic E-state index is 6.50. The highest BCUT2D eigenvalue weighted by atomic mass is 16.4. The summed E-state index contributed by atoms with van der Waals surface area (Å²) in [4.78, 5) is 3.38. The van der Waals surface area contributed by atoms with Gasteiger partial charge in [-0.25, -0.2) is 5.90 Å². The maximum absolute atomic E-state index is 6.50. The lowest BCUT2D eigenvalue weighted by atomic mass is 10.2. The first-order valence-electron chi connectivity index (χ1n) is 4.66. The van der Waals surface area contributed by atoms with Gasteiger partial charge in [-0.1, -0.05) is 36.4 Å². The van der Waals surface area contributed by atoms with Gasteiger partial charge in [0, 0.05) is 21.8 Å². The van der Waals surface area contributed by atoms with Crippen molar-refractivity contribution in [1.82, 2.24) is 4.98 Å². The Morgan fingerprint density at radius 3 is 1.60 bits per heavy atom. The smallest absolute Gasteiger partial charge is 0.0464 e. The second-order valence-electron chi connectivity index (χ2n) is 3.22. The number of aromatic amines is 1. The third-order valence-electron chi connectivity index (χ3n) is 2.41. The molecule has 2 aromatic carbocycles. The number of fused-ring (bicyclic) bond motifs is 3. The summed E-state index contributed by atoms with van der Waals surface area (Å²) in [5.74, 6) is 3.50. The van der Waals surface area contributed by atoms with E-state index in [2.05, 4.69) is 59.4 Å². The van der Waals surface area contributed by atoms with E-state index in [1.807, 2.05) is 0 Å². The van der Waals surface area contributed by atoms with Gasteiger partial charge in [-0.15, -0.1) is 0 Å². The quantitative estimate of drug-likeness (QED) is 0.488. The van der Waals surface area contributed by atoms with Gasteiger partial charge in [-0.3, -0.25) is 0 Å². The third-order valence-corrected chi connectivity index (χ3v) is 2.41. The van der Waals surface area contributed by atoms with E-state index in [4.69, 9.17) is 5.21 Å². The molecule has 0 aliphatic carbocycles. The fraction of sp³-hybridized carbons (Fsp3) is 0. The molecular weight excluding hydrogens is 188 g/mol. The molecule has 3 heteroatoms. The normalized spacial score (nSPS) is 10.0. The minimum absolute atomic E-state index is 1.21. The minimum Gasteiger partial charge on any atom is -0.355 e. The van der Waals surface area contributed by atoms with Crippen molar-refractivity contribution in [2.45, 2.75) is 0 Å². The van der Waals surface area contributed by atoms with Crippen LogP contribution in [0.4, 0.5) is 0 Å². The molecule has 0 unspecified atom stereocenters. The molecule has 4 N–H and O–H groups in total. The number of nitrogens with two attached hydrogens (primary N) is 1. The Labute approximate surface area is 87.1 Å². The predicted molar refractivity (Wildman–Crippen MR) is 61.8 cm³/mol. The number of hydrogen-bond donors (Lipinski definition) is 3. The summed E-state index contributed by atoms with van der Waals surface area (Å²) in [7, 11) is 0. The lowest BCUT2D eigenvalue weighted by molar-refractivity contribution is 0.311. The van der Waals surface area contributed by atoms with Crippen LogP contribution in [0.5, 0.6) is 0 Å². The van der Waals surface area contributed by atoms with E-state index in [-0.39, 0.29) is 0 Å². The SMILES string of the molecule is NO.c1ccc2c(c1)[nH]c1ccccc12. The van der Waals surface area contributed by atoms with Crippen molar-refractivity contribution in [3.63, 3.8) is 0 Å². The van der Waals surface area contributed by atoms with E-state index in [1.54, 1.807) is 0 Å². The number of hydrogen-bond acceptors (Lipinski definition) is 2. The molecule has 3 aromatic rings. The molecule has 0 bridgehead atoms. The van der Waals surface area contributed by atoms with Gasteiger partial charge in [-0.05, 0) is 12.1 Å². The van der Waals surface area contributed by atoms with Gasteiger partial charge in [0.25, 0.3) is 0 Å². The van der Waals surface area contributed by atoms with E-state index >= 15 is 0 Å². The van der Waals surface area contributed by atoms with Crippen molar-refractivity contribution in [1.29, 1.82) is 0 Å². The van der Waals surface area contributed by atoms with Crippen LogP contribution in [-0.2, 0) is 0 Å². The van der Waals surface area contributed by atoms with Gasteiger partial charge in [0.15, 0.2) is 0 Å². The first kappa shape index (κ1) is 9.71. The van der Waals surface area contributed by atoms with Crippen LogP contribution in [0.2, 0.25) is 0 Å². The highest BCUT2D eigenvalue weighted by molar-refractivity contribution is 6.06. The molecule has 0 atom stereocenters. The number of nitrogens with one attached hydrogen (secondary N) is 1. The summed E-state index contributed by atoms with van der Waals surface area (Å²) in [6.45, 7) is 0. The van der Waals surface area contributed by atoms with E-state index in [9.17, 15) is 0 Å². The molecule has 3 rings (SSSR count). The van der Waals surface area contributed by atoms with Gasteiger partial charge in [-0.2, -0.15) is 0 Å². The lowest BCUT2D eigenvalue weighted by Crippen LogP contribution is -1.72. The zero-order chi connectivity index (χ0) is 10.7. The van der Waals surface area contributed by atoms with Crippen molar-refractivity contribution in [2.24, 2.45) is 5.90 Å². The van der Waals surface area contributed by atoms with Crippen molar-refractivity contribution >= 4 is 21.8 Å². The molecule has 0 spiro atoms. The van der Waals surface area contributed by atoms with Gasteiger partial charge >= 0.3 is 0 Å². The van der Waals surface area contributed by atoms with E-state index in [0.29, 0.717) is 0 Å². The summed E-state index contributed by atoms with van der Waals surface area (Å²) in [5, 5.41) is 9.11. The summed E-state index contributed by atoms with van der Waals surface area (Å²) >= 11 is 0. The first-order valence-corrected chi connectivity index (χ1v) is 4.66. The molecule has 0 saturated carbocycles. The van der Waals surface area contributed by atoms with Crippen LogP contribution in [0.1, 0.15) is 0 Å². The van der Waals surface area contributed by atoms with Gasteiger partial charge in [0.2, 0.25) is 0 Å². The number of H-pyrrole nitrogens is 1. The highest BCUT2D eigenvalue weighted by Gasteiger charge is 2.00. The zero-order valence-electron chi connectivity index (χ0n) is 8.14. The highest BCUT2D eigenvalue weighted by Crippen LogP contribution is 2.24. The zero-order valence-corrected chi connectivity index (χ0v) is 8.14. The Kier molecular flexibility index (Phi) is 2.67. The monoisotopic (exact) mass is 200 g/mol. The molecule has 3 nitrogen and oxygen atoms in total. The van der Waals surface area contributed by atoms with Crippen LogP contribution in [-0.4, -0.2) is 10.2 Å². The molecule has 0 aliphatic rings. The Bertz CT molecular complexity index is 521. The first-order chi connectivity index (χ1) is 7.45. The summed E-state index contributed by atoms with van der Waals surface area (Å²) in [6.07, 6.45) is 0. The molecule has 0 aliphatic heterocycles. The minimum atomic E-state index is 1.21. The number of rotatable bonds is 0. The Hall–Kier alpha value is -1.84. The van der Waals surface area contributed by atoms with E-state index in [1.165, 1.54) is 21.8 Å². The van der Waals surface area contributed by atoms with Gasteiger partial charge < -0.3 is 10.2 Å². The largest absolute Gasteiger partial charge is 0.355 e. The standard InChI is InChI=1S/C12H9N.H3NO/c1-3-7-11-9(5-1)10-6-2-4-8-12(10)13-11;1-2/h1-8,13H;2H,1H2. The van der Waals surface area contributed by atoms with Crippen molar-refractivity contribution < 1.29 is 5.21 Å². The average molecular weight is 200 g/mol. The summed E-state index contributed by atoms with van der Waals surface area (Å²) in [6, 6.07) is 16.8. The Morgan fingerprint density at radius 1 is 0.733 bits per heavy atom. The van der Waals surface area contributed by atoms with Gasteiger partial charge in [0.05, 0.1) is 0 Å². The third kappa shape index (κ3) is 1.58. The van der Waals surface area contributed by atoms with Crippen LogP contribution in [0, 0.1) is 0 Å². The van der Waals surface area contributed by atoms with Crippen LogP contribution in [0.15, 0.2) is 48.5 Å². The molecule has 0 fully saturated rings. The van der Waals surface area contributed by atoms with Crippen molar-refractivity contribution in [2.75, 3.05) is 0 Å². The topological polar surface area (TPSA) is 62.0 Å². The van der Waals surface area contributed by atoms with Crippen LogP contribution in [0.25, 0.3) is 21.8 Å². The fourth-order valence-electron chi connectivity index (χ4n) is 1.80. The predicted octanol–water partition coefficient (Wildman–Crippen LogP) is 2.66. The number of para-hydroxylation sites is 2. The summed E-state index contributed by atoms with van der Waals surface area (Å²) in [5.41, 5.74) is 2.42. The second-order valence-corrected chi connectivity index (χ2v) is 3.22. The van der Waals surface area contributed by atoms with Crippen LogP contribution in [0.3, 0.4) is 0 Å². The molecular formula is C12H12N2O. The molecule has 76 valence electrons. The van der Waals surface area contributed by atoms with Crippen molar-refractivity contribution in [3.8, 4) is 0 Å². The average Bonchev–Trinajstić information content (AvgIpc) is 2.70. The molecule has 1 aromatic heterocycles. The maximum Gasteiger partial charge on any atom is 0.0464 e. The number of aromatic nitrogens is 1. The molecule has 0 saturated heterocycles. The number of benzene rings is 2. The summed E-state index contributed by atoms with van der Waals surface area (Å²) < 4.78 is 0. The molecule has 0 amide bonds.